The molecule has 1 aliphatic rings. The van der Waals surface area contributed by atoms with E-state index in [1.807, 2.05) is 13.8 Å². The van der Waals surface area contributed by atoms with Gasteiger partial charge in [0.25, 0.3) is 0 Å². The van der Waals surface area contributed by atoms with Crippen LogP contribution in [-0.4, -0.2) is 36.0 Å². The highest BCUT2D eigenvalue weighted by Crippen LogP contribution is 2.36. The number of rotatable bonds is 6. The lowest BCUT2D eigenvalue weighted by Crippen LogP contribution is -2.37. The first-order valence-electron chi connectivity index (χ1n) is 6.72. The van der Waals surface area contributed by atoms with Gasteiger partial charge in [-0.3, -0.25) is 14.4 Å². The smallest absolute Gasteiger partial charge is 0.307 e. The number of amides is 2. The van der Waals surface area contributed by atoms with Gasteiger partial charge in [-0.15, -0.1) is 0 Å². The van der Waals surface area contributed by atoms with Crippen molar-refractivity contribution in [3.8, 4) is 0 Å². The lowest BCUT2D eigenvalue weighted by molar-refractivity contribution is -0.146. The number of hydrogen-bond acceptors (Lipinski definition) is 3. The van der Waals surface area contributed by atoms with Gasteiger partial charge in [0.1, 0.15) is 0 Å². The fourth-order valence-corrected chi connectivity index (χ4v) is 2.57. The van der Waals surface area contributed by atoms with Crippen LogP contribution in [0, 0.1) is 17.8 Å². The summed E-state index contributed by atoms with van der Waals surface area (Å²) in [6.07, 6.45) is 1.37. The molecule has 0 bridgehead atoms. The van der Waals surface area contributed by atoms with E-state index in [-0.39, 0.29) is 30.7 Å². The Balaban J connectivity index is 2.40. The predicted molar refractivity (Wildman–Crippen MR) is 69.3 cm³/mol. The molecule has 108 valence electrons. The van der Waals surface area contributed by atoms with Crippen molar-refractivity contribution in [3.05, 3.63) is 0 Å². The quantitative estimate of drug-likeness (QED) is 0.650. The highest BCUT2D eigenvalue weighted by atomic mass is 16.4. The fourth-order valence-electron chi connectivity index (χ4n) is 2.57. The summed E-state index contributed by atoms with van der Waals surface area (Å²) in [5.41, 5.74) is 0. The first-order valence-corrected chi connectivity index (χ1v) is 6.72. The topological polar surface area (TPSA) is 95.5 Å². The molecule has 19 heavy (non-hydrogen) atoms. The SMILES string of the molecule is CCNC(=O)CCNC(=O)[C@H]1CC(C)C[C@H]1C(=O)O. The molecular weight excluding hydrogens is 248 g/mol. The minimum atomic E-state index is -0.909. The van der Waals surface area contributed by atoms with Gasteiger partial charge in [-0.1, -0.05) is 6.92 Å². The monoisotopic (exact) mass is 270 g/mol. The van der Waals surface area contributed by atoms with Gasteiger partial charge in [-0.25, -0.2) is 0 Å². The molecule has 0 aromatic carbocycles. The standard InChI is InChI=1S/C13H22N2O4/c1-3-14-11(16)4-5-15-12(17)9-6-8(2)7-10(9)13(18)19/h8-10H,3-7H2,1-2H3,(H,14,16)(H,15,17)(H,18,19)/t8?,9-,10+/m0/s1. The number of carboxylic acid groups (broad SMARTS) is 1. The van der Waals surface area contributed by atoms with Crippen LogP contribution in [0.2, 0.25) is 0 Å². The number of carboxylic acids is 1. The molecule has 0 aliphatic heterocycles. The molecule has 0 aromatic heterocycles. The van der Waals surface area contributed by atoms with Gasteiger partial charge in [0.15, 0.2) is 0 Å². The van der Waals surface area contributed by atoms with Gasteiger partial charge in [-0.05, 0) is 25.7 Å². The van der Waals surface area contributed by atoms with Crippen LogP contribution in [0.15, 0.2) is 0 Å². The van der Waals surface area contributed by atoms with Gasteiger partial charge < -0.3 is 15.7 Å². The van der Waals surface area contributed by atoms with E-state index < -0.39 is 17.8 Å². The summed E-state index contributed by atoms with van der Waals surface area (Å²) < 4.78 is 0. The van der Waals surface area contributed by atoms with E-state index in [4.69, 9.17) is 5.11 Å². The molecular formula is C13H22N2O4. The second-order valence-corrected chi connectivity index (χ2v) is 5.12. The molecule has 3 atom stereocenters. The van der Waals surface area contributed by atoms with E-state index in [1.165, 1.54) is 0 Å². The lowest BCUT2D eigenvalue weighted by Gasteiger charge is -2.15. The molecule has 1 saturated carbocycles. The lowest BCUT2D eigenvalue weighted by atomic mass is 9.95. The number of hydrogen-bond donors (Lipinski definition) is 3. The zero-order valence-electron chi connectivity index (χ0n) is 11.4. The zero-order chi connectivity index (χ0) is 14.4. The van der Waals surface area contributed by atoms with E-state index in [0.717, 1.165) is 0 Å². The Kier molecular flexibility index (Phi) is 5.79. The molecule has 0 saturated heterocycles. The molecule has 0 aromatic rings. The van der Waals surface area contributed by atoms with Gasteiger partial charge in [0.05, 0.1) is 11.8 Å². The summed E-state index contributed by atoms with van der Waals surface area (Å²) in [6.45, 7) is 4.60. The van der Waals surface area contributed by atoms with E-state index in [1.54, 1.807) is 0 Å². The van der Waals surface area contributed by atoms with Gasteiger partial charge in [-0.2, -0.15) is 0 Å². The van der Waals surface area contributed by atoms with E-state index in [9.17, 15) is 14.4 Å². The third-order valence-corrected chi connectivity index (χ3v) is 3.48. The highest BCUT2D eigenvalue weighted by Gasteiger charge is 2.40. The first-order chi connectivity index (χ1) is 8.95. The second kappa shape index (κ2) is 7.11. The summed E-state index contributed by atoms with van der Waals surface area (Å²) in [4.78, 5) is 34.2. The molecule has 1 unspecified atom stereocenters. The minimum Gasteiger partial charge on any atom is -0.481 e. The molecule has 6 nitrogen and oxygen atoms in total. The molecule has 3 N–H and O–H groups in total. The van der Waals surface area contributed by atoms with Crippen LogP contribution >= 0.6 is 0 Å². The normalized spacial score (nSPS) is 25.9. The second-order valence-electron chi connectivity index (χ2n) is 5.12. The first kappa shape index (κ1) is 15.5. The number of carbonyl (C=O) groups is 3. The molecule has 0 radical (unpaired) electrons. The Hall–Kier alpha value is -1.59. The Bertz CT molecular complexity index is 357. The molecule has 1 rings (SSSR count). The average Bonchev–Trinajstić information content (AvgIpc) is 2.72. The van der Waals surface area contributed by atoms with Gasteiger partial charge in [0, 0.05) is 19.5 Å². The van der Waals surface area contributed by atoms with Crippen molar-refractivity contribution in [2.75, 3.05) is 13.1 Å². The van der Waals surface area contributed by atoms with Crippen molar-refractivity contribution in [1.82, 2.24) is 10.6 Å². The van der Waals surface area contributed by atoms with Crippen molar-refractivity contribution in [3.63, 3.8) is 0 Å². The summed E-state index contributed by atoms with van der Waals surface area (Å²) in [6, 6.07) is 0. The predicted octanol–water partition coefficient (Wildman–Crippen LogP) is 0.376. The minimum absolute atomic E-state index is 0.114. The van der Waals surface area contributed by atoms with Crippen LogP contribution in [-0.2, 0) is 14.4 Å². The van der Waals surface area contributed by atoms with Crippen molar-refractivity contribution >= 4 is 17.8 Å². The summed E-state index contributed by atoms with van der Waals surface area (Å²) >= 11 is 0. The third-order valence-electron chi connectivity index (χ3n) is 3.48. The number of carbonyl (C=O) groups excluding carboxylic acids is 2. The summed E-state index contributed by atoms with van der Waals surface area (Å²) in [5.74, 6) is -2.09. The Morgan fingerprint density at radius 3 is 2.37 bits per heavy atom. The molecule has 1 aliphatic carbocycles. The summed E-state index contributed by atoms with van der Waals surface area (Å²) in [7, 11) is 0. The van der Waals surface area contributed by atoms with E-state index in [0.29, 0.717) is 19.4 Å². The van der Waals surface area contributed by atoms with Crippen molar-refractivity contribution in [2.24, 2.45) is 17.8 Å². The van der Waals surface area contributed by atoms with Gasteiger partial charge >= 0.3 is 5.97 Å². The third kappa shape index (κ3) is 4.54. The number of nitrogens with one attached hydrogen (secondary N) is 2. The Labute approximate surface area is 112 Å². The fraction of sp³-hybridized carbons (Fsp3) is 0.769. The summed E-state index contributed by atoms with van der Waals surface area (Å²) in [5, 5.41) is 14.4. The van der Waals surface area contributed by atoms with Crippen molar-refractivity contribution in [2.45, 2.75) is 33.1 Å². The Morgan fingerprint density at radius 1 is 1.16 bits per heavy atom. The van der Waals surface area contributed by atoms with Crippen LogP contribution in [0.5, 0.6) is 0 Å². The van der Waals surface area contributed by atoms with Crippen molar-refractivity contribution in [1.29, 1.82) is 0 Å². The van der Waals surface area contributed by atoms with Crippen molar-refractivity contribution < 1.29 is 19.5 Å². The van der Waals surface area contributed by atoms with Crippen LogP contribution in [0.25, 0.3) is 0 Å². The molecule has 1 fully saturated rings. The van der Waals surface area contributed by atoms with E-state index in [2.05, 4.69) is 10.6 Å². The number of aliphatic carboxylic acids is 1. The molecule has 0 heterocycles. The molecule has 0 spiro atoms. The van der Waals surface area contributed by atoms with Crippen LogP contribution in [0.4, 0.5) is 0 Å². The maximum atomic E-state index is 11.9. The maximum absolute atomic E-state index is 11.9. The van der Waals surface area contributed by atoms with Gasteiger partial charge in [0.2, 0.25) is 11.8 Å². The van der Waals surface area contributed by atoms with Crippen LogP contribution in [0.1, 0.15) is 33.1 Å². The Morgan fingerprint density at radius 2 is 1.79 bits per heavy atom. The maximum Gasteiger partial charge on any atom is 0.307 e. The van der Waals surface area contributed by atoms with E-state index >= 15 is 0 Å². The zero-order valence-corrected chi connectivity index (χ0v) is 11.4. The van der Waals surface area contributed by atoms with Crippen LogP contribution in [0.3, 0.4) is 0 Å². The molecule has 6 heteroatoms. The average molecular weight is 270 g/mol. The largest absolute Gasteiger partial charge is 0.481 e. The highest BCUT2D eigenvalue weighted by molar-refractivity contribution is 5.85. The molecule has 2 amide bonds. The van der Waals surface area contributed by atoms with Crippen LogP contribution < -0.4 is 10.6 Å².